The summed E-state index contributed by atoms with van der Waals surface area (Å²) in [6.45, 7) is 4.05. The number of hydrogen-bond acceptors (Lipinski definition) is 9. The molecule has 0 aromatic rings. The summed E-state index contributed by atoms with van der Waals surface area (Å²) in [6, 6.07) is 0. The van der Waals surface area contributed by atoms with Crippen LogP contribution in [0.1, 0.15) is 155 Å². The van der Waals surface area contributed by atoms with Crippen molar-refractivity contribution in [1.82, 2.24) is 0 Å². The topological polar surface area (TPSA) is 114 Å². The molecule has 0 rings (SSSR count). The minimum atomic E-state index is -4.74. The smallest absolute Gasteiger partial charge is 0.381 e. The first-order valence-electron chi connectivity index (χ1n) is 16.2. The summed E-state index contributed by atoms with van der Waals surface area (Å²) in [6.07, 6.45) is 23.6. The normalized spacial score (nSPS) is 14.0. The molecule has 0 aromatic heterocycles. The lowest BCUT2D eigenvalue weighted by Gasteiger charge is -2.15. The first kappa shape index (κ1) is 40.7. The summed E-state index contributed by atoms with van der Waals surface area (Å²) in [5.74, 6) is 0. The maximum atomic E-state index is 12.0. The summed E-state index contributed by atoms with van der Waals surface area (Å²) >= 11 is 0. The molecule has 0 heterocycles. The Balaban J connectivity index is 4.03. The molecule has 0 N–H and O–H groups in total. The summed E-state index contributed by atoms with van der Waals surface area (Å²) in [7, 11) is -6.19. The van der Waals surface area contributed by atoms with Crippen molar-refractivity contribution in [2.45, 2.75) is 167 Å². The number of unbranched alkanes of at least 4 members (excludes halogenated alkanes) is 14. The quantitative estimate of drug-likeness (QED) is 0.0679. The van der Waals surface area contributed by atoms with E-state index in [1.165, 1.54) is 77.0 Å². The van der Waals surface area contributed by atoms with Gasteiger partial charge in [0.05, 0.1) is 25.4 Å². The molecular formula is C30H62O9S2. The molecule has 0 saturated heterocycles. The molecule has 0 aliphatic heterocycles. The van der Waals surface area contributed by atoms with Gasteiger partial charge < -0.3 is 9.47 Å². The van der Waals surface area contributed by atoms with Gasteiger partial charge in [-0.25, -0.2) is 8.37 Å². The molecule has 0 aliphatic carbocycles. The molecule has 0 aliphatic rings. The molecule has 11 heteroatoms. The fourth-order valence-corrected chi connectivity index (χ4v) is 6.63. The van der Waals surface area contributed by atoms with Gasteiger partial charge in [-0.1, -0.05) is 117 Å². The van der Waals surface area contributed by atoms with Crippen LogP contribution in [0.5, 0.6) is 0 Å². The van der Waals surface area contributed by atoms with Gasteiger partial charge in [0.15, 0.2) is 0 Å². The third kappa shape index (κ3) is 27.0. The minimum absolute atomic E-state index is 0.0147. The van der Waals surface area contributed by atoms with E-state index >= 15 is 0 Å². The Bertz CT molecular complexity index is 709. The Morgan fingerprint density at radius 1 is 0.439 bits per heavy atom. The van der Waals surface area contributed by atoms with Crippen LogP contribution in [0.15, 0.2) is 0 Å². The first-order chi connectivity index (χ1) is 19.7. The summed E-state index contributed by atoms with van der Waals surface area (Å²) in [5, 5.41) is 0. The van der Waals surface area contributed by atoms with E-state index in [1.54, 1.807) is 14.2 Å². The van der Waals surface area contributed by atoms with E-state index in [9.17, 15) is 16.8 Å². The molecule has 0 bridgehead atoms. The summed E-state index contributed by atoms with van der Waals surface area (Å²) in [5.41, 5.74) is 0. The summed E-state index contributed by atoms with van der Waals surface area (Å²) in [4.78, 5) is 0. The SMILES string of the molecule is CCCCCCCCCCC(CCCOS(=O)(=O)OS(=O)(=O)OCCCC(CCCCCCCCCC)OC)OC. The standard InChI is InChI=1S/C30H62O9S2/c1-5-7-9-11-13-15-17-19-23-29(35-3)25-21-27-37-40(31,32)39-41(33,34)38-28-22-26-30(36-4)24-20-18-16-14-12-10-8-6-2/h29-30H,5-28H2,1-4H3. The Morgan fingerprint density at radius 3 is 1.05 bits per heavy atom. The van der Waals surface area contributed by atoms with Crippen LogP contribution in [0.3, 0.4) is 0 Å². The van der Waals surface area contributed by atoms with Crippen LogP contribution < -0.4 is 0 Å². The molecule has 41 heavy (non-hydrogen) atoms. The Morgan fingerprint density at radius 2 is 0.732 bits per heavy atom. The molecule has 0 spiro atoms. The second kappa shape index (κ2) is 27.3. The molecule has 0 amide bonds. The van der Waals surface area contributed by atoms with E-state index in [0.717, 1.165) is 38.5 Å². The van der Waals surface area contributed by atoms with Crippen molar-refractivity contribution in [3.05, 3.63) is 0 Å². The zero-order valence-corrected chi connectivity index (χ0v) is 28.2. The summed E-state index contributed by atoms with van der Waals surface area (Å²) < 4.78 is 72.5. The van der Waals surface area contributed by atoms with E-state index in [4.69, 9.17) is 17.8 Å². The average Bonchev–Trinajstić information content (AvgIpc) is 2.93. The van der Waals surface area contributed by atoms with E-state index in [-0.39, 0.29) is 25.4 Å². The van der Waals surface area contributed by atoms with Gasteiger partial charge in [0, 0.05) is 14.2 Å². The molecule has 9 nitrogen and oxygen atoms in total. The molecule has 2 unspecified atom stereocenters. The van der Waals surface area contributed by atoms with Crippen molar-refractivity contribution >= 4 is 20.8 Å². The van der Waals surface area contributed by atoms with Crippen LogP contribution in [0.25, 0.3) is 0 Å². The fraction of sp³-hybridized carbons (Fsp3) is 1.00. The van der Waals surface area contributed by atoms with Crippen LogP contribution in [0, 0.1) is 0 Å². The van der Waals surface area contributed by atoms with Crippen molar-refractivity contribution in [2.24, 2.45) is 0 Å². The van der Waals surface area contributed by atoms with Gasteiger partial charge in [-0.3, -0.25) is 0 Å². The van der Waals surface area contributed by atoms with Crippen LogP contribution in [-0.4, -0.2) is 56.5 Å². The lowest BCUT2D eigenvalue weighted by Crippen LogP contribution is -2.20. The van der Waals surface area contributed by atoms with Crippen LogP contribution in [-0.2, 0) is 42.3 Å². The molecule has 0 fully saturated rings. The van der Waals surface area contributed by atoms with Gasteiger partial charge in [-0.15, -0.1) is 3.63 Å². The zero-order valence-electron chi connectivity index (χ0n) is 26.6. The maximum Gasteiger partial charge on any atom is 0.416 e. The van der Waals surface area contributed by atoms with Crippen molar-refractivity contribution < 1.29 is 38.3 Å². The van der Waals surface area contributed by atoms with E-state index in [2.05, 4.69) is 17.5 Å². The van der Waals surface area contributed by atoms with Crippen molar-refractivity contribution in [3.63, 3.8) is 0 Å². The number of rotatable bonds is 32. The third-order valence-corrected chi connectivity index (χ3v) is 9.63. The highest BCUT2D eigenvalue weighted by molar-refractivity contribution is 7.95. The van der Waals surface area contributed by atoms with Gasteiger partial charge in [0.1, 0.15) is 0 Å². The first-order valence-corrected chi connectivity index (χ1v) is 18.9. The van der Waals surface area contributed by atoms with Gasteiger partial charge in [0.25, 0.3) is 0 Å². The Hall–Kier alpha value is -0.300. The van der Waals surface area contributed by atoms with E-state index in [0.29, 0.717) is 25.7 Å². The van der Waals surface area contributed by atoms with Crippen LogP contribution in [0.4, 0.5) is 0 Å². The predicted molar refractivity (Wildman–Crippen MR) is 165 cm³/mol. The second-order valence-corrected chi connectivity index (χ2v) is 13.7. The monoisotopic (exact) mass is 630 g/mol. The Labute approximate surface area is 253 Å². The lowest BCUT2D eigenvalue weighted by molar-refractivity contribution is 0.0788. The van der Waals surface area contributed by atoms with Crippen molar-refractivity contribution in [3.8, 4) is 0 Å². The van der Waals surface area contributed by atoms with Crippen LogP contribution in [0.2, 0.25) is 0 Å². The number of ether oxygens (including phenoxy) is 2. The highest BCUT2D eigenvalue weighted by atomic mass is 32.3. The molecule has 0 radical (unpaired) electrons. The number of hydrogen-bond donors (Lipinski definition) is 0. The average molecular weight is 631 g/mol. The zero-order chi connectivity index (χ0) is 30.7. The van der Waals surface area contributed by atoms with Crippen molar-refractivity contribution in [1.29, 1.82) is 0 Å². The van der Waals surface area contributed by atoms with E-state index < -0.39 is 20.8 Å². The predicted octanol–water partition coefficient (Wildman–Crippen LogP) is 8.18. The second-order valence-electron chi connectivity index (χ2n) is 11.1. The van der Waals surface area contributed by atoms with Gasteiger partial charge >= 0.3 is 20.8 Å². The van der Waals surface area contributed by atoms with Gasteiger partial charge in [-0.2, -0.15) is 16.8 Å². The molecule has 248 valence electrons. The third-order valence-electron chi connectivity index (χ3n) is 7.39. The molecular weight excluding hydrogens is 568 g/mol. The van der Waals surface area contributed by atoms with Crippen LogP contribution >= 0.6 is 0 Å². The highest BCUT2D eigenvalue weighted by Crippen LogP contribution is 2.17. The highest BCUT2D eigenvalue weighted by Gasteiger charge is 2.25. The Kier molecular flexibility index (Phi) is 27.1. The number of methoxy groups -OCH3 is 2. The molecule has 0 saturated carbocycles. The fourth-order valence-electron chi connectivity index (χ4n) is 4.86. The minimum Gasteiger partial charge on any atom is -0.381 e. The molecule has 0 aromatic carbocycles. The largest absolute Gasteiger partial charge is 0.416 e. The van der Waals surface area contributed by atoms with Gasteiger partial charge in [-0.05, 0) is 38.5 Å². The molecule has 2 atom stereocenters. The van der Waals surface area contributed by atoms with E-state index in [1.807, 2.05) is 0 Å². The maximum absolute atomic E-state index is 12.0. The van der Waals surface area contributed by atoms with Crippen molar-refractivity contribution in [2.75, 3.05) is 27.4 Å². The lowest BCUT2D eigenvalue weighted by atomic mass is 10.0. The van der Waals surface area contributed by atoms with Gasteiger partial charge in [0.2, 0.25) is 0 Å².